The molecule has 1 spiro atoms. The average molecular weight is 1000 g/mol. The van der Waals surface area contributed by atoms with Crippen LogP contribution < -0.4 is 9.64 Å². The fourth-order valence-corrected chi connectivity index (χ4v) is 13.6. The fourth-order valence-electron chi connectivity index (χ4n) is 13.6. The monoisotopic (exact) mass is 1000 g/mol. The van der Waals surface area contributed by atoms with Gasteiger partial charge in [-0.2, -0.15) is 0 Å². The van der Waals surface area contributed by atoms with Crippen LogP contribution in [0.15, 0.2) is 261 Å². The van der Waals surface area contributed by atoms with Gasteiger partial charge in [0.1, 0.15) is 11.5 Å². The van der Waals surface area contributed by atoms with E-state index in [-0.39, 0.29) is 10.8 Å². The molecule has 1 aliphatic heterocycles. The van der Waals surface area contributed by atoms with Gasteiger partial charge in [-0.25, -0.2) is 0 Å². The quantitative estimate of drug-likeness (QED) is 0.158. The van der Waals surface area contributed by atoms with E-state index in [4.69, 9.17) is 4.74 Å². The molecule has 0 radical (unpaired) electrons. The Morgan fingerprint density at radius 2 is 0.756 bits per heavy atom. The maximum Gasteiger partial charge on any atom is 0.132 e. The fraction of sp³-hybridized carbons (Fsp3) is 0.132. The molecule has 0 N–H and O–H groups in total. The van der Waals surface area contributed by atoms with E-state index >= 15 is 0 Å². The summed E-state index contributed by atoms with van der Waals surface area (Å²) in [5, 5.41) is 0. The zero-order valence-electron chi connectivity index (χ0n) is 45.2. The summed E-state index contributed by atoms with van der Waals surface area (Å²) in [4.78, 5) is 2.54. The Morgan fingerprint density at radius 1 is 0.308 bits per heavy atom. The molecule has 0 saturated heterocycles. The van der Waals surface area contributed by atoms with E-state index in [1.165, 1.54) is 83.5 Å². The predicted molar refractivity (Wildman–Crippen MR) is 324 cm³/mol. The summed E-state index contributed by atoms with van der Waals surface area (Å²) >= 11 is 0. The molecule has 0 bridgehead atoms. The molecule has 14 rings (SSSR count). The smallest absolute Gasteiger partial charge is 0.132 e. The van der Waals surface area contributed by atoms with Gasteiger partial charge in [-0.15, -0.1) is 0 Å². The van der Waals surface area contributed by atoms with Gasteiger partial charge in [-0.1, -0.05) is 254 Å². The molecule has 0 saturated carbocycles. The first-order valence-corrected chi connectivity index (χ1v) is 27.6. The summed E-state index contributed by atoms with van der Waals surface area (Å²) in [7, 11) is 0. The van der Waals surface area contributed by atoms with Crippen molar-refractivity contribution in [3.63, 3.8) is 0 Å². The molecule has 2 heteroatoms. The lowest BCUT2D eigenvalue weighted by molar-refractivity contribution is 0.433. The molecule has 0 amide bonds. The molecular weight excluding hydrogens is 943 g/mol. The minimum Gasteiger partial charge on any atom is -0.457 e. The molecule has 0 aromatic heterocycles. The first kappa shape index (κ1) is 47.5. The molecule has 0 atom stereocenters. The van der Waals surface area contributed by atoms with E-state index in [0.717, 1.165) is 45.3 Å². The Bertz CT molecular complexity index is 4030. The van der Waals surface area contributed by atoms with Crippen molar-refractivity contribution >= 4 is 17.1 Å². The lowest BCUT2D eigenvalue weighted by Gasteiger charge is -2.41. The predicted octanol–water partition coefficient (Wildman–Crippen LogP) is 19.9. The van der Waals surface area contributed by atoms with Crippen molar-refractivity contribution in [1.82, 2.24) is 0 Å². The van der Waals surface area contributed by atoms with E-state index < -0.39 is 10.8 Å². The summed E-state index contributed by atoms with van der Waals surface area (Å²) in [6.45, 7) is 13.9. The van der Waals surface area contributed by atoms with E-state index in [2.05, 4.69) is 307 Å². The summed E-state index contributed by atoms with van der Waals surface area (Å²) in [5.41, 5.74) is 23.9. The SMILES string of the molecule is CC(C)(C)c1ccc2c(c1)C1(c3cc(C(C)(C)C)ccc3O2)c2ccccc2-c2c(-c3ccccc3N(c3ccc4c(c3)C(c3ccccc3)(c3ccccc3)c3ccccc3-4)c3ccccc3-c3ccccc3)cccc21. The zero-order valence-corrected chi connectivity index (χ0v) is 45.2. The number of hydrogen-bond acceptors (Lipinski definition) is 2. The first-order valence-electron chi connectivity index (χ1n) is 27.6. The Hall–Kier alpha value is -8.98. The van der Waals surface area contributed by atoms with Crippen molar-refractivity contribution in [1.29, 1.82) is 0 Å². The maximum absolute atomic E-state index is 7.06. The average Bonchev–Trinajstić information content (AvgIpc) is 3.90. The third-order valence-corrected chi connectivity index (χ3v) is 17.2. The summed E-state index contributed by atoms with van der Waals surface area (Å²) in [5.74, 6) is 1.80. The Labute approximate surface area is 460 Å². The van der Waals surface area contributed by atoms with Crippen LogP contribution in [-0.2, 0) is 21.7 Å². The topological polar surface area (TPSA) is 12.5 Å². The molecule has 11 aromatic carbocycles. The van der Waals surface area contributed by atoms with Gasteiger partial charge in [-0.3, -0.25) is 0 Å². The van der Waals surface area contributed by atoms with Gasteiger partial charge in [0.2, 0.25) is 0 Å². The molecule has 11 aromatic rings. The van der Waals surface area contributed by atoms with Gasteiger partial charge < -0.3 is 9.64 Å². The van der Waals surface area contributed by atoms with Gasteiger partial charge >= 0.3 is 0 Å². The third-order valence-electron chi connectivity index (χ3n) is 17.2. The van der Waals surface area contributed by atoms with Crippen LogP contribution >= 0.6 is 0 Å². The van der Waals surface area contributed by atoms with E-state index in [1.807, 2.05) is 0 Å². The molecular formula is C76H61NO. The normalized spacial score (nSPS) is 14.1. The number of hydrogen-bond donors (Lipinski definition) is 0. The molecule has 78 heavy (non-hydrogen) atoms. The molecule has 2 aliphatic carbocycles. The number of benzene rings is 11. The van der Waals surface area contributed by atoms with Crippen molar-refractivity contribution < 1.29 is 4.74 Å². The Morgan fingerprint density at radius 3 is 1.35 bits per heavy atom. The van der Waals surface area contributed by atoms with Crippen LogP contribution in [-0.4, -0.2) is 0 Å². The van der Waals surface area contributed by atoms with Crippen molar-refractivity contribution in [2.45, 2.75) is 63.2 Å². The van der Waals surface area contributed by atoms with Gasteiger partial charge in [0.05, 0.1) is 22.2 Å². The standard InChI is InChI=1S/C76H61NO/c1-73(2,3)53-41-45-70-66(47-53)76(67-48-54(74(4,5)6)42-46-71(67)78-70)63-37-21-17-34-61(63)72-60(35-24-38-64(72)76)59-33-19-23-40-69(59)77(68-39-22-18-31-56(68)50-25-10-7-11-26-50)55-43-44-58-57-32-16-20-36-62(57)75(65(58)49-55,51-27-12-8-13-28-51)52-29-14-9-15-30-52/h7-49H,1-6H3. The second-order valence-electron chi connectivity index (χ2n) is 23.5. The Balaban J connectivity index is 1.06. The number of nitrogens with zero attached hydrogens (tertiary/aromatic N) is 1. The zero-order chi connectivity index (χ0) is 53.0. The molecule has 0 fully saturated rings. The number of anilines is 3. The van der Waals surface area contributed by atoms with Crippen LogP contribution in [0.2, 0.25) is 0 Å². The van der Waals surface area contributed by atoms with Crippen LogP contribution in [0.5, 0.6) is 11.5 Å². The highest BCUT2D eigenvalue weighted by molar-refractivity contribution is 6.02. The number of rotatable bonds is 7. The van der Waals surface area contributed by atoms with E-state index in [0.29, 0.717) is 0 Å². The van der Waals surface area contributed by atoms with Crippen LogP contribution in [0.3, 0.4) is 0 Å². The molecule has 2 nitrogen and oxygen atoms in total. The maximum atomic E-state index is 7.06. The lowest BCUT2D eigenvalue weighted by Crippen LogP contribution is -2.33. The minimum absolute atomic E-state index is 0.0901. The van der Waals surface area contributed by atoms with Crippen molar-refractivity contribution in [2.24, 2.45) is 0 Å². The largest absolute Gasteiger partial charge is 0.457 e. The van der Waals surface area contributed by atoms with Crippen molar-refractivity contribution in [3.05, 3.63) is 316 Å². The third kappa shape index (κ3) is 7.02. The number of para-hydroxylation sites is 2. The second-order valence-corrected chi connectivity index (χ2v) is 23.5. The van der Waals surface area contributed by atoms with E-state index in [9.17, 15) is 0 Å². The highest BCUT2D eigenvalue weighted by Crippen LogP contribution is 2.65. The van der Waals surface area contributed by atoms with Crippen molar-refractivity contribution in [2.75, 3.05) is 4.90 Å². The van der Waals surface area contributed by atoms with Gasteiger partial charge in [0.25, 0.3) is 0 Å². The molecule has 376 valence electrons. The van der Waals surface area contributed by atoms with Crippen molar-refractivity contribution in [3.8, 4) is 56.0 Å². The first-order chi connectivity index (χ1) is 38.0. The second kappa shape index (κ2) is 17.8. The van der Waals surface area contributed by atoms with Gasteiger partial charge in [0, 0.05) is 27.9 Å². The van der Waals surface area contributed by atoms with Crippen LogP contribution in [0.4, 0.5) is 17.1 Å². The Kier molecular flexibility index (Phi) is 10.8. The van der Waals surface area contributed by atoms with Crippen LogP contribution in [0, 0.1) is 0 Å². The highest BCUT2D eigenvalue weighted by atomic mass is 16.5. The number of ether oxygens (including phenoxy) is 1. The minimum atomic E-state index is -0.672. The molecule has 3 aliphatic rings. The van der Waals surface area contributed by atoms with Gasteiger partial charge in [-0.05, 0) is 137 Å². The lowest BCUT2D eigenvalue weighted by atomic mass is 9.64. The highest BCUT2D eigenvalue weighted by Gasteiger charge is 2.53. The summed E-state index contributed by atoms with van der Waals surface area (Å²) in [6, 6.07) is 97.6. The molecule has 1 heterocycles. The van der Waals surface area contributed by atoms with E-state index in [1.54, 1.807) is 0 Å². The van der Waals surface area contributed by atoms with Crippen LogP contribution in [0.25, 0.3) is 44.5 Å². The summed E-state index contributed by atoms with van der Waals surface area (Å²) < 4.78 is 7.06. The number of fused-ring (bicyclic) bond motifs is 12. The van der Waals surface area contributed by atoms with Crippen LogP contribution in [0.1, 0.15) is 97.2 Å². The molecule has 0 unspecified atom stereocenters. The summed E-state index contributed by atoms with van der Waals surface area (Å²) in [6.07, 6.45) is 0. The van der Waals surface area contributed by atoms with Gasteiger partial charge in [0.15, 0.2) is 0 Å².